The lowest BCUT2D eigenvalue weighted by molar-refractivity contribution is -0.117. The molecular formula is C27H33N7O2. The first kappa shape index (κ1) is 24.0. The molecule has 2 aliphatic heterocycles. The molecule has 4 heterocycles. The summed E-state index contributed by atoms with van der Waals surface area (Å²) in [6, 6.07) is 11.5. The first-order valence-corrected chi connectivity index (χ1v) is 12.6. The molecular weight excluding hydrogens is 454 g/mol. The Bertz CT molecular complexity index is 1260. The molecule has 1 aromatic carbocycles. The number of hydrogen-bond acceptors (Lipinski definition) is 6. The van der Waals surface area contributed by atoms with Crippen LogP contribution in [0.5, 0.6) is 0 Å². The van der Waals surface area contributed by atoms with E-state index in [-0.39, 0.29) is 5.91 Å². The minimum Gasteiger partial charge on any atom is -0.341 e. The molecule has 0 aliphatic carbocycles. The van der Waals surface area contributed by atoms with Gasteiger partial charge in [-0.3, -0.25) is 14.5 Å². The lowest BCUT2D eigenvalue weighted by atomic mass is 10.0. The topological polar surface area (TPSA) is 86.1 Å². The smallest absolute Gasteiger partial charge is 0.253 e. The number of anilines is 2. The summed E-state index contributed by atoms with van der Waals surface area (Å²) < 4.78 is 1.77. The molecule has 0 spiro atoms. The van der Waals surface area contributed by atoms with E-state index in [0.29, 0.717) is 30.5 Å². The van der Waals surface area contributed by atoms with Gasteiger partial charge in [0, 0.05) is 68.8 Å². The molecule has 1 saturated heterocycles. The van der Waals surface area contributed by atoms with Crippen molar-refractivity contribution in [3.05, 3.63) is 59.8 Å². The Morgan fingerprint density at radius 1 is 1.08 bits per heavy atom. The van der Waals surface area contributed by atoms with Crippen LogP contribution in [0.25, 0.3) is 11.2 Å². The van der Waals surface area contributed by atoms with E-state index in [1.807, 2.05) is 47.5 Å². The van der Waals surface area contributed by atoms with Gasteiger partial charge >= 0.3 is 0 Å². The van der Waals surface area contributed by atoms with Crippen molar-refractivity contribution in [2.45, 2.75) is 20.3 Å². The van der Waals surface area contributed by atoms with Gasteiger partial charge in [0.05, 0.1) is 0 Å². The van der Waals surface area contributed by atoms with Crippen molar-refractivity contribution in [1.29, 1.82) is 0 Å². The van der Waals surface area contributed by atoms with E-state index in [2.05, 4.69) is 35.2 Å². The number of rotatable bonds is 7. The lowest BCUT2D eigenvalue weighted by Gasteiger charge is -2.35. The Morgan fingerprint density at radius 3 is 2.53 bits per heavy atom. The molecule has 0 unspecified atom stereocenters. The number of carbonyl (C=O) groups excluding carboxylic acids is 2. The van der Waals surface area contributed by atoms with E-state index < -0.39 is 0 Å². The summed E-state index contributed by atoms with van der Waals surface area (Å²) in [4.78, 5) is 34.8. The molecule has 0 radical (unpaired) electrons. The maximum atomic E-state index is 13.0. The van der Waals surface area contributed by atoms with Crippen molar-refractivity contribution in [2.75, 3.05) is 51.1 Å². The molecule has 3 aromatic rings. The normalized spacial score (nSPS) is 16.9. The number of nitrogens with one attached hydrogen (secondary N) is 1. The highest BCUT2D eigenvalue weighted by molar-refractivity contribution is 5.94. The van der Waals surface area contributed by atoms with Crippen molar-refractivity contribution >= 4 is 35.2 Å². The van der Waals surface area contributed by atoms with E-state index >= 15 is 0 Å². The zero-order chi connectivity index (χ0) is 25.1. The summed E-state index contributed by atoms with van der Waals surface area (Å²) in [5, 5.41) is 7.83. The van der Waals surface area contributed by atoms with Crippen LogP contribution in [0.4, 0.5) is 11.6 Å². The van der Waals surface area contributed by atoms with E-state index in [9.17, 15) is 9.59 Å². The molecule has 9 nitrogen and oxygen atoms in total. The van der Waals surface area contributed by atoms with Crippen molar-refractivity contribution in [2.24, 2.45) is 5.92 Å². The average molecular weight is 488 g/mol. The molecule has 36 heavy (non-hydrogen) atoms. The first-order valence-electron chi connectivity index (χ1n) is 12.6. The Hall–Kier alpha value is -3.72. The Kier molecular flexibility index (Phi) is 6.99. The fraction of sp³-hybridized carbons (Fsp3) is 0.407. The van der Waals surface area contributed by atoms with Crippen LogP contribution in [0, 0.1) is 5.92 Å². The summed E-state index contributed by atoms with van der Waals surface area (Å²) in [5.41, 5.74) is 4.48. The highest BCUT2D eigenvalue weighted by atomic mass is 16.2. The lowest BCUT2D eigenvalue weighted by Crippen LogP contribution is -2.49. The highest BCUT2D eigenvalue weighted by Gasteiger charge is 2.22. The second kappa shape index (κ2) is 10.5. The minimum absolute atomic E-state index is 0.0788. The van der Waals surface area contributed by atoms with Crippen molar-refractivity contribution < 1.29 is 9.59 Å². The SMILES string of the molecule is CC(C)CN1CCN(C(=O)c2ccc(Nc3nc4c(C5=CCN(C=O)CC5)cccn4n3)cc2)CC1. The molecule has 2 amide bonds. The number of pyridine rings is 1. The van der Waals surface area contributed by atoms with Gasteiger partial charge in [0.25, 0.3) is 5.91 Å². The maximum absolute atomic E-state index is 13.0. The summed E-state index contributed by atoms with van der Waals surface area (Å²) in [6.07, 6.45) is 5.63. The predicted molar refractivity (Wildman–Crippen MR) is 140 cm³/mol. The van der Waals surface area contributed by atoms with E-state index in [1.165, 1.54) is 5.57 Å². The molecule has 0 bridgehead atoms. The predicted octanol–water partition coefficient (Wildman–Crippen LogP) is 3.13. The molecule has 9 heteroatoms. The second-order valence-electron chi connectivity index (χ2n) is 9.89. The first-order chi connectivity index (χ1) is 17.5. The quantitative estimate of drug-likeness (QED) is 0.516. The van der Waals surface area contributed by atoms with Gasteiger partial charge in [0.2, 0.25) is 12.4 Å². The number of amides is 2. The summed E-state index contributed by atoms with van der Waals surface area (Å²) in [6.45, 7) is 10.2. The van der Waals surface area contributed by atoms with Gasteiger partial charge < -0.3 is 15.1 Å². The molecule has 1 fully saturated rings. The van der Waals surface area contributed by atoms with Crippen molar-refractivity contribution in [1.82, 2.24) is 29.3 Å². The standard InChI is InChI=1S/C27H33N7O2/c1-20(2)18-31-14-16-33(17-15-31)26(36)22-5-7-23(8-6-22)28-27-29-25-24(4-3-11-34(25)30-27)21-9-12-32(19-35)13-10-21/h3-9,11,19-20H,10,12-18H2,1-2H3,(H,28,30). The molecule has 5 rings (SSSR count). The third kappa shape index (κ3) is 5.26. The molecule has 1 N–H and O–H groups in total. The fourth-order valence-electron chi connectivity index (χ4n) is 4.89. The molecule has 2 aromatic heterocycles. The number of benzene rings is 1. The van der Waals surface area contributed by atoms with E-state index in [0.717, 1.165) is 62.5 Å². The van der Waals surface area contributed by atoms with E-state index in [4.69, 9.17) is 4.98 Å². The van der Waals surface area contributed by atoms with Gasteiger partial charge in [0.1, 0.15) is 0 Å². The Labute approximate surface area is 211 Å². The number of carbonyl (C=O) groups is 2. The van der Waals surface area contributed by atoms with Crippen LogP contribution in [-0.2, 0) is 4.79 Å². The van der Waals surface area contributed by atoms with Gasteiger partial charge in [-0.25, -0.2) is 4.52 Å². The van der Waals surface area contributed by atoms with Crippen LogP contribution >= 0.6 is 0 Å². The molecule has 2 aliphatic rings. The fourth-order valence-corrected chi connectivity index (χ4v) is 4.89. The van der Waals surface area contributed by atoms with Gasteiger partial charge in [-0.1, -0.05) is 19.9 Å². The van der Waals surface area contributed by atoms with Crippen LogP contribution in [0.1, 0.15) is 36.2 Å². The van der Waals surface area contributed by atoms with Gasteiger partial charge in [0.15, 0.2) is 5.65 Å². The largest absolute Gasteiger partial charge is 0.341 e. The summed E-state index contributed by atoms with van der Waals surface area (Å²) >= 11 is 0. The zero-order valence-corrected chi connectivity index (χ0v) is 20.9. The number of piperazine rings is 1. The number of aromatic nitrogens is 3. The van der Waals surface area contributed by atoms with Crippen LogP contribution in [-0.4, -0.2) is 87.4 Å². The monoisotopic (exact) mass is 487 g/mol. The van der Waals surface area contributed by atoms with Crippen LogP contribution < -0.4 is 5.32 Å². The number of hydrogen-bond donors (Lipinski definition) is 1. The number of nitrogens with zero attached hydrogens (tertiary/aromatic N) is 6. The average Bonchev–Trinajstić information content (AvgIpc) is 3.31. The number of fused-ring (bicyclic) bond motifs is 1. The second-order valence-corrected chi connectivity index (χ2v) is 9.89. The third-order valence-electron chi connectivity index (χ3n) is 6.77. The van der Waals surface area contributed by atoms with Gasteiger partial charge in [-0.2, -0.15) is 4.98 Å². The van der Waals surface area contributed by atoms with Crippen molar-refractivity contribution in [3.8, 4) is 0 Å². The third-order valence-corrected chi connectivity index (χ3v) is 6.77. The Morgan fingerprint density at radius 2 is 1.86 bits per heavy atom. The van der Waals surface area contributed by atoms with Gasteiger partial charge in [-0.15, -0.1) is 5.10 Å². The maximum Gasteiger partial charge on any atom is 0.253 e. The van der Waals surface area contributed by atoms with Crippen molar-refractivity contribution in [3.63, 3.8) is 0 Å². The summed E-state index contributed by atoms with van der Waals surface area (Å²) in [7, 11) is 0. The Balaban J connectivity index is 1.25. The van der Waals surface area contributed by atoms with Crippen LogP contribution in [0.2, 0.25) is 0 Å². The van der Waals surface area contributed by atoms with Crippen LogP contribution in [0.15, 0.2) is 48.7 Å². The zero-order valence-electron chi connectivity index (χ0n) is 20.9. The molecule has 0 atom stereocenters. The molecule has 0 saturated carbocycles. The van der Waals surface area contributed by atoms with Crippen LogP contribution in [0.3, 0.4) is 0 Å². The van der Waals surface area contributed by atoms with Gasteiger partial charge in [-0.05, 0) is 54.3 Å². The highest BCUT2D eigenvalue weighted by Crippen LogP contribution is 2.26. The van der Waals surface area contributed by atoms with E-state index in [1.54, 1.807) is 9.42 Å². The molecule has 188 valence electrons. The summed E-state index contributed by atoms with van der Waals surface area (Å²) in [5.74, 6) is 1.21. The minimum atomic E-state index is 0.0788.